The molecule has 1 unspecified atom stereocenters. The number of hydrogen-bond acceptors (Lipinski definition) is 2. The van der Waals surface area contributed by atoms with Gasteiger partial charge in [0.25, 0.3) is 0 Å². The summed E-state index contributed by atoms with van der Waals surface area (Å²) in [7, 11) is 0. The molecule has 136 valence electrons. The molecule has 2 amide bonds. The molecule has 1 N–H and O–H groups in total. The van der Waals surface area contributed by atoms with E-state index in [-0.39, 0.29) is 23.7 Å². The van der Waals surface area contributed by atoms with E-state index in [1.54, 1.807) is 0 Å². The van der Waals surface area contributed by atoms with E-state index in [0.29, 0.717) is 6.54 Å². The van der Waals surface area contributed by atoms with Gasteiger partial charge in [-0.2, -0.15) is 0 Å². The molecule has 2 aliphatic rings. The topological polar surface area (TPSA) is 49.4 Å². The van der Waals surface area contributed by atoms with Crippen molar-refractivity contribution in [2.24, 2.45) is 11.8 Å². The molecule has 1 aromatic carbocycles. The molecule has 4 nitrogen and oxygen atoms in total. The minimum atomic E-state index is -0.417. The Hall–Kier alpha value is -1.84. The van der Waals surface area contributed by atoms with Crippen LogP contribution in [-0.2, 0) is 22.6 Å². The molecule has 1 aliphatic carbocycles. The van der Waals surface area contributed by atoms with E-state index in [4.69, 9.17) is 0 Å². The summed E-state index contributed by atoms with van der Waals surface area (Å²) in [6.07, 6.45) is 6.29. The molecule has 0 aromatic heterocycles. The summed E-state index contributed by atoms with van der Waals surface area (Å²) in [6, 6.07) is 7.90. The molecule has 1 heterocycles. The molecule has 0 spiro atoms. The van der Waals surface area contributed by atoms with Crippen LogP contribution in [0.15, 0.2) is 24.3 Å². The van der Waals surface area contributed by atoms with Crippen molar-refractivity contribution in [1.82, 2.24) is 10.2 Å². The molecule has 0 radical (unpaired) electrons. The maximum Gasteiger partial charge on any atom is 0.245 e. The first kappa shape index (κ1) is 18.0. The van der Waals surface area contributed by atoms with E-state index in [1.807, 2.05) is 24.8 Å². The van der Waals surface area contributed by atoms with Gasteiger partial charge >= 0.3 is 0 Å². The second-order valence-corrected chi connectivity index (χ2v) is 7.84. The molecule has 3 rings (SSSR count). The molecular formula is C21H30N2O2. The molecule has 0 saturated heterocycles. The Kier molecular flexibility index (Phi) is 5.77. The van der Waals surface area contributed by atoms with Crippen molar-refractivity contribution in [2.75, 3.05) is 6.54 Å². The summed E-state index contributed by atoms with van der Waals surface area (Å²) in [4.78, 5) is 27.6. The van der Waals surface area contributed by atoms with E-state index < -0.39 is 6.04 Å². The summed E-state index contributed by atoms with van der Waals surface area (Å²) in [5.74, 6) is 0.319. The molecule has 1 atom stereocenters. The molecule has 0 bridgehead atoms. The van der Waals surface area contributed by atoms with E-state index in [9.17, 15) is 9.59 Å². The number of carbonyl (C=O) groups is 2. The van der Waals surface area contributed by atoms with Crippen molar-refractivity contribution >= 4 is 11.8 Å². The highest BCUT2D eigenvalue weighted by Gasteiger charge is 2.32. The first-order valence-corrected chi connectivity index (χ1v) is 9.72. The highest BCUT2D eigenvalue weighted by atomic mass is 16.2. The maximum atomic E-state index is 13.1. The summed E-state index contributed by atoms with van der Waals surface area (Å²) in [6.45, 7) is 5.42. The van der Waals surface area contributed by atoms with Crippen LogP contribution in [0.2, 0.25) is 0 Å². The zero-order chi connectivity index (χ0) is 17.8. The minimum absolute atomic E-state index is 0.0636. The third-order valence-corrected chi connectivity index (χ3v) is 5.65. The van der Waals surface area contributed by atoms with Crippen LogP contribution >= 0.6 is 0 Å². The molecule has 1 fully saturated rings. The largest absolute Gasteiger partial charge is 0.344 e. The lowest BCUT2D eigenvalue weighted by Crippen LogP contribution is -2.53. The minimum Gasteiger partial charge on any atom is -0.344 e. The van der Waals surface area contributed by atoms with Crippen LogP contribution in [0.25, 0.3) is 0 Å². The van der Waals surface area contributed by atoms with Crippen LogP contribution in [-0.4, -0.2) is 29.3 Å². The summed E-state index contributed by atoms with van der Waals surface area (Å²) < 4.78 is 0. The Morgan fingerprint density at radius 1 is 1.08 bits per heavy atom. The molecule has 1 aliphatic heterocycles. The van der Waals surface area contributed by atoms with Crippen LogP contribution in [0.1, 0.15) is 57.1 Å². The van der Waals surface area contributed by atoms with Crippen molar-refractivity contribution in [3.63, 3.8) is 0 Å². The van der Waals surface area contributed by atoms with Crippen LogP contribution in [0.4, 0.5) is 0 Å². The summed E-state index contributed by atoms with van der Waals surface area (Å²) in [5.41, 5.74) is 2.56. The van der Waals surface area contributed by atoms with Crippen LogP contribution < -0.4 is 5.32 Å². The van der Waals surface area contributed by atoms with Crippen LogP contribution in [0.3, 0.4) is 0 Å². The summed E-state index contributed by atoms with van der Waals surface area (Å²) >= 11 is 0. The molecule has 25 heavy (non-hydrogen) atoms. The quantitative estimate of drug-likeness (QED) is 0.913. The lowest BCUT2D eigenvalue weighted by atomic mass is 9.88. The van der Waals surface area contributed by atoms with Gasteiger partial charge in [0.15, 0.2) is 0 Å². The Morgan fingerprint density at radius 2 is 1.76 bits per heavy atom. The lowest BCUT2D eigenvalue weighted by Gasteiger charge is -2.34. The van der Waals surface area contributed by atoms with Crippen molar-refractivity contribution < 1.29 is 9.59 Å². The van der Waals surface area contributed by atoms with E-state index >= 15 is 0 Å². The zero-order valence-corrected chi connectivity index (χ0v) is 15.5. The first-order valence-electron chi connectivity index (χ1n) is 9.72. The monoisotopic (exact) mass is 342 g/mol. The fraction of sp³-hybridized carbons (Fsp3) is 0.619. The van der Waals surface area contributed by atoms with Gasteiger partial charge in [0, 0.05) is 19.0 Å². The van der Waals surface area contributed by atoms with Crippen LogP contribution in [0.5, 0.6) is 0 Å². The number of amides is 2. The number of hydrogen-bond donors (Lipinski definition) is 1. The smallest absolute Gasteiger partial charge is 0.245 e. The van der Waals surface area contributed by atoms with Gasteiger partial charge in [-0.05, 0) is 36.3 Å². The van der Waals surface area contributed by atoms with Gasteiger partial charge in [-0.25, -0.2) is 0 Å². The number of nitrogens with zero attached hydrogens (tertiary/aromatic N) is 1. The molecule has 4 heteroatoms. The van der Waals surface area contributed by atoms with E-state index in [0.717, 1.165) is 38.6 Å². The average Bonchev–Trinajstić information content (AvgIpc) is 2.65. The number of nitrogens with one attached hydrogen (secondary N) is 1. The molecule has 1 saturated carbocycles. The number of carbonyl (C=O) groups excluding carboxylic acids is 2. The fourth-order valence-electron chi connectivity index (χ4n) is 4.03. The Bertz CT molecular complexity index is 620. The van der Waals surface area contributed by atoms with Crippen molar-refractivity contribution in [3.05, 3.63) is 35.4 Å². The average molecular weight is 342 g/mol. The summed E-state index contributed by atoms with van der Waals surface area (Å²) in [5, 5.41) is 3.08. The van der Waals surface area contributed by atoms with Gasteiger partial charge in [0.1, 0.15) is 6.04 Å². The van der Waals surface area contributed by atoms with Gasteiger partial charge in [-0.1, -0.05) is 57.4 Å². The van der Waals surface area contributed by atoms with Gasteiger partial charge in [0.2, 0.25) is 11.8 Å². The zero-order valence-electron chi connectivity index (χ0n) is 15.5. The Labute approximate surface area is 151 Å². The molecule has 1 aromatic rings. The predicted octanol–water partition coefficient (Wildman–Crippen LogP) is 3.29. The van der Waals surface area contributed by atoms with Gasteiger partial charge in [-0.15, -0.1) is 0 Å². The third-order valence-electron chi connectivity index (χ3n) is 5.65. The lowest BCUT2D eigenvalue weighted by molar-refractivity contribution is -0.139. The second kappa shape index (κ2) is 8.03. The van der Waals surface area contributed by atoms with Crippen LogP contribution in [0, 0.1) is 11.8 Å². The number of rotatable bonds is 4. The predicted molar refractivity (Wildman–Crippen MR) is 98.9 cm³/mol. The third kappa shape index (κ3) is 4.23. The van der Waals surface area contributed by atoms with E-state index in [2.05, 4.69) is 23.5 Å². The SMILES string of the molecule is CC(C)C(NC(=O)C1CCCCC1)C(=O)N1CCc2ccccc2C1. The normalized spacial score (nSPS) is 19.4. The number of fused-ring (bicyclic) bond motifs is 1. The van der Waals surface area contributed by atoms with E-state index in [1.165, 1.54) is 17.5 Å². The fourth-order valence-corrected chi connectivity index (χ4v) is 4.03. The van der Waals surface area contributed by atoms with Gasteiger partial charge in [0.05, 0.1) is 0 Å². The van der Waals surface area contributed by atoms with Crippen molar-refractivity contribution in [2.45, 2.75) is 65.0 Å². The molecular weight excluding hydrogens is 312 g/mol. The van der Waals surface area contributed by atoms with Crippen molar-refractivity contribution in [3.8, 4) is 0 Å². The standard InChI is InChI=1S/C21H30N2O2/c1-15(2)19(22-20(24)17-9-4-3-5-10-17)21(25)23-13-12-16-8-6-7-11-18(16)14-23/h6-8,11,15,17,19H,3-5,9-10,12-14H2,1-2H3,(H,22,24). The van der Waals surface area contributed by atoms with Gasteiger partial charge < -0.3 is 10.2 Å². The highest BCUT2D eigenvalue weighted by molar-refractivity contribution is 5.89. The van der Waals surface area contributed by atoms with Crippen molar-refractivity contribution in [1.29, 1.82) is 0 Å². The van der Waals surface area contributed by atoms with Gasteiger partial charge in [-0.3, -0.25) is 9.59 Å². The number of benzene rings is 1. The first-order chi connectivity index (χ1) is 12.1. The Morgan fingerprint density at radius 3 is 2.44 bits per heavy atom. The Balaban J connectivity index is 1.66. The second-order valence-electron chi connectivity index (χ2n) is 7.84. The highest BCUT2D eigenvalue weighted by Crippen LogP contribution is 2.25. The maximum absolute atomic E-state index is 13.1.